The Kier molecular flexibility index (Phi) is 3.22. The lowest BCUT2D eigenvalue weighted by atomic mass is 10.3. The molecule has 0 rings (SSSR count). The number of carboxylic acid groups (broad SMARTS) is 1. The lowest BCUT2D eigenvalue weighted by molar-refractivity contribution is -0.136. The normalized spacial score (nSPS) is 13.6. The van der Waals surface area contributed by atoms with Crippen molar-refractivity contribution in [3.8, 4) is 0 Å². The summed E-state index contributed by atoms with van der Waals surface area (Å²) in [5.41, 5.74) is 0. The third-order valence-electron chi connectivity index (χ3n) is 0.830. The molecule has 0 aliphatic heterocycles. The molecule has 5 heteroatoms. The molecule has 0 spiro atoms. The van der Waals surface area contributed by atoms with E-state index < -0.39 is 21.9 Å². The van der Waals surface area contributed by atoms with Crippen LogP contribution in [0.5, 0.6) is 0 Å². The molecular formula is C4H8O4S. The number of rotatable bonds is 3. The van der Waals surface area contributed by atoms with E-state index in [1.54, 1.807) is 0 Å². The fourth-order valence-electron chi connectivity index (χ4n) is 0.327. The van der Waals surface area contributed by atoms with E-state index in [1.165, 1.54) is 6.92 Å². The quantitative estimate of drug-likeness (QED) is 0.533. The van der Waals surface area contributed by atoms with Crippen molar-refractivity contribution in [3.63, 3.8) is 0 Å². The molecule has 1 N–H and O–H groups in total. The van der Waals surface area contributed by atoms with Crippen molar-refractivity contribution in [2.75, 3.05) is 0 Å². The van der Waals surface area contributed by atoms with Gasteiger partial charge in [-0.1, -0.05) is 0 Å². The Bertz CT molecular complexity index is 163. The van der Waals surface area contributed by atoms with Gasteiger partial charge in [-0.3, -0.25) is 4.79 Å². The van der Waals surface area contributed by atoms with Crippen LogP contribution in [-0.2, 0) is 15.5 Å². The smallest absolute Gasteiger partial charge is 0.304 e. The van der Waals surface area contributed by atoms with Crippen LogP contribution in [-0.4, -0.2) is 24.7 Å². The van der Waals surface area contributed by atoms with Gasteiger partial charge >= 0.3 is 5.97 Å². The van der Waals surface area contributed by atoms with Crippen molar-refractivity contribution in [2.24, 2.45) is 0 Å². The van der Waals surface area contributed by atoms with Crippen LogP contribution >= 0.6 is 0 Å². The summed E-state index contributed by atoms with van der Waals surface area (Å²) in [6.45, 7) is 1.36. The Balaban J connectivity index is 3.78. The van der Waals surface area contributed by atoms with Crippen LogP contribution in [0.15, 0.2) is 0 Å². The molecule has 0 amide bonds. The van der Waals surface area contributed by atoms with Crippen molar-refractivity contribution in [2.45, 2.75) is 18.6 Å². The minimum absolute atomic E-state index is 0.307. The van der Waals surface area contributed by atoms with Crippen LogP contribution in [0, 0.1) is 0 Å². The maximum Gasteiger partial charge on any atom is 0.304 e. The second-order valence-electron chi connectivity index (χ2n) is 1.73. The number of carboxylic acids is 1. The maximum atomic E-state index is 10.0. The third-order valence-corrected chi connectivity index (χ3v) is 1.73. The molecule has 1 unspecified atom stereocenters. The zero-order chi connectivity index (χ0) is 7.44. The van der Waals surface area contributed by atoms with Crippen LogP contribution in [0.4, 0.5) is 0 Å². The van der Waals surface area contributed by atoms with Gasteiger partial charge in [0.2, 0.25) is 0 Å². The first-order valence-corrected chi connectivity index (χ1v) is 3.64. The van der Waals surface area contributed by atoms with Gasteiger partial charge in [-0.05, 0) is 6.92 Å². The standard InChI is InChI=1S/C4H8O4S/c1-3(9(7)8)2-4(5)6/h3,9H,2H2,1H3,(H,5,6). The zero-order valence-electron chi connectivity index (χ0n) is 4.90. The molecule has 0 aliphatic rings. The molecule has 0 aromatic heterocycles. The van der Waals surface area contributed by atoms with Gasteiger partial charge in [0, 0.05) is 0 Å². The summed E-state index contributed by atoms with van der Waals surface area (Å²) in [4.78, 5) is 9.85. The van der Waals surface area contributed by atoms with Crippen LogP contribution in [0.1, 0.15) is 13.3 Å². The van der Waals surface area contributed by atoms with Gasteiger partial charge in [-0.2, -0.15) is 0 Å². The van der Waals surface area contributed by atoms with Gasteiger partial charge < -0.3 is 5.11 Å². The molecule has 0 saturated carbocycles. The van der Waals surface area contributed by atoms with Gasteiger partial charge in [0.15, 0.2) is 0 Å². The van der Waals surface area contributed by atoms with E-state index in [1.807, 2.05) is 0 Å². The van der Waals surface area contributed by atoms with E-state index in [4.69, 9.17) is 5.11 Å². The molecule has 0 aliphatic carbocycles. The highest BCUT2D eigenvalue weighted by molar-refractivity contribution is 7.73. The largest absolute Gasteiger partial charge is 0.481 e. The molecule has 9 heavy (non-hydrogen) atoms. The molecule has 4 nitrogen and oxygen atoms in total. The second kappa shape index (κ2) is 3.45. The van der Waals surface area contributed by atoms with E-state index in [2.05, 4.69) is 0 Å². The molecule has 0 saturated heterocycles. The van der Waals surface area contributed by atoms with E-state index in [-0.39, 0.29) is 6.42 Å². The first kappa shape index (κ1) is 8.42. The fourth-order valence-corrected chi connectivity index (χ4v) is 0.633. The molecular weight excluding hydrogens is 144 g/mol. The topological polar surface area (TPSA) is 71.4 Å². The second-order valence-corrected chi connectivity index (χ2v) is 3.18. The predicted molar refractivity (Wildman–Crippen MR) is 32.0 cm³/mol. The Morgan fingerprint density at radius 3 is 2.22 bits per heavy atom. The Morgan fingerprint density at radius 1 is 1.67 bits per heavy atom. The number of hydrogen-bond donors (Lipinski definition) is 2. The fraction of sp³-hybridized carbons (Fsp3) is 0.750. The van der Waals surface area contributed by atoms with Crippen molar-refractivity contribution in [1.29, 1.82) is 0 Å². The lowest BCUT2D eigenvalue weighted by Gasteiger charge is -1.94. The number of aliphatic carboxylic acids is 1. The molecule has 0 bridgehead atoms. The first-order chi connectivity index (χ1) is 4.04. The van der Waals surface area contributed by atoms with Gasteiger partial charge in [0.25, 0.3) is 0 Å². The van der Waals surface area contributed by atoms with Crippen molar-refractivity contribution in [3.05, 3.63) is 0 Å². The Morgan fingerprint density at radius 2 is 2.11 bits per heavy atom. The van der Waals surface area contributed by atoms with E-state index in [0.29, 0.717) is 0 Å². The summed E-state index contributed by atoms with van der Waals surface area (Å²) in [6.07, 6.45) is -0.307. The SMILES string of the molecule is CC(CC(=O)O)[SH](=O)=O. The van der Waals surface area contributed by atoms with E-state index >= 15 is 0 Å². The van der Waals surface area contributed by atoms with Gasteiger partial charge in [0.05, 0.1) is 11.7 Å². The van der Waals surface area contributed by atoms with Crippen LogP contribution in [0.2, 0.25) is 0 Å². The van der Waals surface area contributed by atoms with Crippen molar-refractivity contribution in [1.82, 2.24) is 0 Å². The summed E-state index contributed by atoms with van der Waals surface area (Å²) >= 11 is 0. The molecule has 0 radical (unpaired) electrons. The minimum Gasteiger partial charge on any atom is -0.481 e. The molecule has 0 aromatic rings. The van der Waals surface area contributed by atoms with Crippen LogP contribution in [0.25, 0.3) is 0 Å². The Hall–Kier alpha value is -0.580. The van der Waals surface area contributed by atoms with Crippen molar-refractivity contribution < 1.29 is 18.3 Å². The van der Waals surface area contributed by atoms with Crippen LogP contribution < -0.4 is 0 Å². The summed E-state index contributed by atoms with van der Waals surface area (Å²) in [5.74, 6) is -1.08. The molecule has 0 fully saturated rings. The highest BCUT2D eigenvalue weighted by Gasteiger charge is 2.08. The molecule has 0 heterocycles. The van der Waals surface area contributed by atoms with E-state index in [9.17, 15) is 13.2 Å². The van der Waals surface area contributed by atoms with Crippen molar-refractivity contribution >= 4 is 16.7 Å². The van der Waals surface area contributed by atoms with Gasteiger partial charge in [-0.15, -0.1) is 0 Å². The number of thiol groups is 1. The average molecular weight is 152 g/mol. The highest BCUT2D eigenvalue weighted by Crippen LogP contribution is 1.93. The predicted octanol–water partition coefficient (Wildman–Crippen LogP) is -0.539. The monoisotopic (exact) mass is 152 g/mol. The van der Waals surface area contributed by atoms with Crippen LogP contribution in [0.3, 0.4) is 0 Å². The summed E-state index contributed by atoms with van der Waals surface area (Å²) < 4.78 is 20.0. The Labute approximate surface area is 54.4 Å². The molecule has 0 aromatic carbocycles. The molecule has 1 atom stereocenters. The van der Waals surface area contributed by atoms with Gasteiger partial charge in [0.1, 0.15) is 10.7 Å². The average Bonchev–Trinajstić information content (AvgIpc) is 1.63. The number of carbonyl (C=O) groups is 1. The summed E-state index contributed by atoms with van der Waals surface area (Å²) in [7, 11) is -2.58. The lowest BCUT2D eigenvalue weighted by Crippen LogP contribution is -2.10. The third kappa shape index (κ3) is 3.96. The zero-order valence-corrected chi connectivity index (χ0v) is 5.80. The summed E-state index contributed by atoms with van der Waals surface area (Å²) in [5, 5.41) is 7.31. The van der Waals surface area contributed by atoms with Gasteiger partial charge in [-0.25, -0.2) is 8.42 Å². The highest BCUT2D eigenvalue weighted by atomic mass is 32.2. The molecule has 54 valence electrons. The van der Waals surface area contributed by atoms with E-state index in [0.717, 1.165) is 0 Å². The minimum atomic E-state index is -2.58. The number of hydrogen-bond acceptors (Lipinski definition) is 3. The maximum absolute atomic E-state index is 10.0. The summed E-state index contributed by atoms with van der Waals surface area (Å²) in [6, 6.07) is 0. The first-order valence-electron chi connectivity index (χ1n) is 2.39.